The van der Waals surface area contributed by atoms with Crippen molar-refractivity contribution in [2.45, 2.75) is 12.6 Å². The number of halogens is 3. The first-order valence-corrected chi connectivity index (χ1v) is 6.91. The Labute approximate surface area is 128 Å². The molecule has 23 heavy (non-hydrogen) atoms. The average Bonchev–Trinajstić information content (AvgIpc) is 2.54. The lowest BCUT2D eigenvalue weighted by molar-refractivity contribution is -0.0957. The van der Waals surface area contributed by atoms with Crippen molar-refractivity contribution in [3.63, 3.8) is 0 Å². The van der Waals surface area contributed by atoms with Crippen molar-refractivity contribution in [1.82, 2.24) is 15.1 Å². The van der Waals surface area contributed by atoms with E-state index in [0.29, 0.717) is 10.8 Å². The molecule has 5 nitrogen and oxygen atoms in total. The molecule has 1 aromatic carbocycles. The van der Waals surface area contributed by atoms with Gasteiger partial charge in [0.25, 0.3) is 11.5 Å². The summed E-state index contributed by atoms with van der Waals surface area (Å²) in [4.78, 5) is 25.5. The van der Waals surface area contributed by atoms with Gasteiger partial charge in [0.2, 0.25) is 0 Å². The summed E-state index contributed by atoms with van der Waals surface area (Å²) in [6, 6.07) is 6.47. The lowest BCUT2D eigenvalue weighted by Crippen LogP contribution is -2.37. The van der Waals surface area contributed by atoms with Crippen LogP contribution in [-0.4, -0.2) is 40.3 Å². The summed E-state index contributed by atoms with van der Waals surface area (Å²) in [7, 11) is 0. The molecule has 0 atom stereocenters. The molecule has 1 amide bonds. The smallest absolute Gasteiger partial charge is 0.333 e. The number of carbonyl (C=O) groups is 1. The molecule has 2 aromatic rings. The molecular weight excluding hydrogens is 311 g/mol. The number of alkyl halides is 3. The number of benzene rings is 1. The number of nitrogens with one attached hydrogen (secondary N) is 1. The molecule has 2 heterocycles. The number of carbonyl (C=O) groups excluding carboxylic acids is 1. The van der Waals surface area contributed by atoms with Crippen molar-refractivity contribution in [1.29, 1.82) is 0 Å². The number of hydrogen-bond donors (Lipinski definition) is 1. The maximum Gasteiger partial charge on any atom is 0.412 e. The van der Waals surface area contributed by atoms with Crippen LogP contribution in [0.5, 0.6) is 0 Å². The summed E-state index contributed by atoms with van der Waals surface area (Å²) in [5, 5.41) is 6.72. The lowest BCUT2D eigenvalue weighted by Gasteiger charge is -2.27. The first-order valence-electron chi connectivity index (χ1n) is 6.91. The minimum Gasteiger partial charge on any atom is -0.333 e. The molecule has 1 aromatic heterocycles. The Balaban J connectivity index is 1.93. The third-order valence-corrected chi connectivity index (χ3v) is 3.76. The second-order valence-corrected chi connectivity index (χ2v) is 5.18. The van der Waals surface area contributed by atoms with Crippen LogP contribution in [0.25, 0.3) is 10.8 Å². The average molecular weight is 323 g/mol. The zero-order chi connectivity index (χ0) is 16.6. The third kappa shape index (κ3) is 2.84. The zero-order valence-electron chi connectivity index (χ0n) is 11.9. The van der Waals surface area contributed by atoms with Gasteiger partial charge in [0.15, 0.2) is 5.69 Å². The highest BCUT2D eigenvalue weighted by atomic mass is 19.4. The first-order chi connectivity index (χ1) is 10.9. The number of fused-ring (bicyclic) bond motifs is 1. The van der Waals surface area contributed by atoms with Crippen LogP contribution in [0.4, 0.5) is 13.2 Å². The first kappa shape index (κ1) is 15.3. The van der Waals surface area contributed by atoms with E-state index < -0.39 is 23.2 Å². The molecule has 1 N–H and O–H groups in total. The molecule has 3 rings (SSSR count). The van der Waals surface area contributed by atoms with Gasteiger partial charge in [0, 0.05) is 24.0 Å². The summed E-state index contributed by atoms with van der Waals surface area (Å²) < 4.78 is 37.9. The number of aromatic nitrogens is 2. The summed E-state index contributed by atoms with van der Waals surface area (Å²) >= 11 is 0. The summed E-state index contributed by atoms with van der Waals surface area (Å²) in [5.41, 5.74) is -1.01. The second kappa shape index (κ2) is 5.53. The highest BCUT2D eigenvalue weighted by Gasteiger charge is 2.35. The van der Waals surface area contributed by atoms with E-state index in [1.165, 1.54) is 4.90 Å². The van der Waals surface area contributed by atoms with Crippen LogP contribution in [-0.2, 0) is 0 Å². The highest BCUT2D eigenvalue weighted by molar-refractivity contribution is 6.04. The Hall–Kier alpha value is -2.64. The van der Waals surface area contributed by atoms with Crippen LogP contribution in [0.3, 0.4) is 0 Å². The van der Waals surface area contributed by atoms with Crippen LogP contribution in [0.15, 0.2) is 40.7 Å². The standard InChI is InChI=1S/C15H12F3N3O2/c16-15(17,18)9-5-7-21(8-6-9)14(23)12-10-3-1-2-4-11(10)13(22)20-19-12/h1-5H,6-8H2,(H,20,22). The maximum atomic E-state index is 12.6. The van der Waals surface area contributed by atoms with Crippen molar-refractivity contribution in [2.24, 2.45) is 0 Å². The minimum absolute atomic E-state index is 0.0315. The molecular formula is C15H12F3N3O2. The monoisotopic (exact) mass is 323 g/mol. The molecule has 1 aliphatic heterocycles. The van der Waals surface area contributed by atoms with Crippen molar-refractivity contribution >= 4 is 16.7 Å². The van der Waals surface area contributed by atoms with Gasteiger partial charge in [-0.05, 0) is 12.5 Å². The van der Waals surface area contributed by atoms with E-state index in [1.54, 1.807) is 24.3 Å². The van der Waals surface area contributed by atoms with Crippen LogP contribution in [0.1, 0.15) is 16.9 Å². The van der Waals surface area contributed by atoms with E-state index in [2.05, 4.69) is 10.2 Å². The van der Waals surface area contributed by atoms with Gasteiger partial charge < -0.3 is 4.90 Å². The van der Waals surface area contributed by atoms with E-state index in [1.807, 2.05) is 0 Å². The number of amides is 1. The molecule has 120 valence electrons. The van der Waals surface area contributed by atoms with Gasteiger partial charge in [-0.1, -0.05) is 24.3 Å². The summed E-state index contributed by atoms with van der Waals surface area (Å²) in [6.07, 6.45) is -3.61. The van der Waals surface area contributed by atoms with Gasteiger partial charge >= 0.3 is 6.18 Å². The highest BCUT2D eigenvalue weighted by Crippen LogP contribution is 2.30. The Morgan fingerprint density at radius 2 is 1.91 bits per heavy atom. The molecule has 0 fully saturated rings. The van der Waals surface area contributed by atoms with E-state index in [-0.39, 0.29) is 25.2 Å². The fourth-order valence-corrected chi connectivity index (χ4v) is 2.54. The van der Waals surface area contributed by atoms with Gasteiger partial charge in [0.1, 0.15) is 0 Å². The van der Waals surface area contributed by atoms with Gasteiger partial charge in [0.05, 0.1) is 5.39 Å². The van der Waals surface area contributed by atoms with Crippen molar-refractivity contribution in [2.75, 3.05) is 13.1 Å². The van der Waals surface area contributed by atoms with Gasteiger partial charge in [-0.25, -0.2) is 5.10 Å². The SMILES string of the molecule is O=C(c1n[nH]c(=O)c2ccccc12)N1CC=C(C(F)(F)F)CC1. The predicted octanol–water partition coefficient (Wildman–Crippen LogP) is 2.26. The van der Waals surface area contributed by atoms with Gasteiger partial charge in [-0.3, -0.25) is 9.59 Å². The van der Waals surface area contributed by atoms with Gasteiger partial charge in [-0.15, -0.1) is 0 Å². The summed E-state index contributed by atoms with van der Waals surface area (Å²) in [6.45, 7) is -0.178. The second-order valence-electron chi connectivity index (χ2n) is 5.18. The van der Waals surface area contributed by atoms with Crippen LogP contribution < -0.4 is 5.56 Å². The molecule has 0 bridgehead atoms. The lowest BCUT2D eigenvalue weighted by atomic mass is 10.1. The Morgan fingerprint density at radius 3 is 2.52 bits per heavy atom. The van der Waals surface area contributed by atoms with Crippen LogP contribution in [0, 0.1) is 0 Å². The fraction of sp³-hybridized carbons (Fsp3) is 0.267. The van der Waals surface area contributed by atoms with Crippen molar-refractivity contribution < 1.29 is 18.0 Å². The quantitative estimate of drug-likeness (QED) is 0.819. The molecule has 1 aliphatic rings. The minimum atomic E-state index is -4.36. The predicted molar refractivity (Wildman–Crippen MR) is 77.0 cm³/mol. The summed E-state index contributed by atoms with van der Waals surface area (Å²) in [5.74, 6) is -0.505. The van der Waals surface area contributed by atoms with E-state index in [4.69, 9.17) is 0 Å². The molecule has 0 saturated heterocycles. The number of hydrogen-bond acceptors (Lipinski definition) is 3. The number of aromatic amines is 1. The van der Waals surface area contributed by atoms with Crippen LogP contribution >= 0.6 is 0 Å². The number of H-pyrrole nitrogens is 1. The van der Waals surface area contributed by atoms with E-state index in [0.717, 1.165) is 6.08 Å². The topological polar surface area (TPSA) is 66.1 Å². The maximum absolute atomic E-state index is 12.6. The van der Waals surface area contributed by atoms with Crippen LogP contribution in [0.2, 0.25) is 0 Å². The molecule has 0 saturated carbocycles. The molecule has 0 spiro atoms. The Morgan fingerprint density at radius 1 is 1.22 bits per heavy atom. The number of nitrogens with zero attached hydrogens (tertiary/aromatic N) is 2. The molecule has 8 heteroatoms. The molecule has 0 radical (unpaired) electrons. The largest absolute Gasteiger partial charge is 0.412 e. The third-order valence-electron chi connectivity index (χ3n) is 3.76. The zero-order valence-corrected chi connectivity index (χ0v) is 11.9. The Kier molecular flexibility index (Phi) is 3.67. The molecule has 0 aliphatic carbocycles. The van der Waals surface area contributed by atoms with Gasteiger partial charge in [-0.2, -0.15) is 18.3 Å². The Bertz CT molecular complexity index is 855. The normalized spacial score (nSPS) is 15.6. The van der Waals surface area contributed by atoms with E-state index in [9.17, 15) is 22.8 Å². The number of rotatable bonds is 1. The van der Waals surface area contributed by atoms with E-state index >= 15 is 0 Å². The van der Waals surface area contributed by atoms with Crippen molar-refractivity contribution in [3.05, 3.63) is 52.0 Å². The fourth-order valence-electron chi connectivity index (χ4n) is 2.54. The molecule has 0 unspecified atom stereocenters. The van der Waals surface area contributed by atoms with Crippen molar-refractivity contribution in [3.8, 4) is 0 Å².